The Bertz CT molecular complexity index is 491. The minimum Gasteiger partial charge on any atom is -0.342 e. The van der Waals surface area contributed by atoms with Gasteiger partial charge < -0.3 is 9.92 Å². The Morgan fingerprint density at radius 3 is 2.35 bits per heavy atom. The van der Waals surface area contributed by atoms with Crippen molar-refractivity contribution in [2.24, 2.45) is 5.73 Å². The number of aryl methyl sites for hydroxylation is 1. The number of hydrogen-bond acceptors (Lipinski definition) is 5. The molecular weight excluding hydrogens is 242 g/mol. The number of carbonyl (C=O) groups excluding carboxylic acids is 1. The van der Waals surface area contributed by atoms with Gasteiger partial charge in [-0.05, 0) is 26.0 Å². The molecule has 1 aromatic rings. The maximum atomic E-state index is 11.7. The lowest BCUT2D eigenvalue weighted by molar-refractivity contribution is -0.134. The highest BCUT2D eigenvalue weighted by Gasteiger charge is 2.20. The van der Waals surface area contributed by atoms with E-state index in [-0.39, 0.29) is 11.3 Å². The molecule has 0 bridgehead atoms. The van der Waals surface area contributed by atoms with E-state index in [0.717, 1.165) is 5.56 Å². The Morgan fingerprint density at radius 2 is 1.88 bits per heavy atom. The van der Waals surface area contributed by atoms with Crippen LogP contribution >= 0.6 is 0 Å². The average molecular weight is 257 g/mol. The number of carbonyl (C=O) groups is 1. The summed E-state index contributed by atoms with van der Waals surface area (Å²) in [5.74, 6) is -0.847. The summed E-state index contributed by atoms with van der Waals surface area (Å²) in [6, 6.07) is 5.61. The third-order valence-corrected chi connectivity index (χ3v) is 3.26. The third-order valence-electron chi connectivity index (χ3n) is 2.00. The van der Waals surface area contributed by atoms with Gasteiger partial charge in [-0.3, -0.25) is 4.79 Å². The van der Waals surface area contributed by atoms with Crippen molar-refractivity contribution in [3.63, 3.8) is 0 Å². The van der Waals surface area contributed by atoms with E-state index >= 15 is 0 Å². The molecule has 0 saturated heterocycles. The normalized spacial score (nSPS) is 13.1. The molecule has 0 radical (unpaired) electrons. The smallest absolute Gasteiger partial charge is 0.341 e. The average Bonchev–Trinajstić information content (AvgIpc) is 2.15. The molecule has 1 aromatic carbocycles. The van der Waals surface area contributed by atoms with E-state index in [2.05, 4.69) is 4.18 Å². The van der Waals surface area contributed by atoms with Gasteiger partial charge in [0.15, 0.2) is 0 Å². The van der Waals surface area contributed by atoms with Gasteiger partial charge in [-0.1, -0.05) is 17.7 Å². The predicted octanol–water partition coefficient (Wildman–Crippen LogP) is 0.964. The van der Waals surface area contributed by atoms with Crippen molar-refractivity contribution in [2.75, 3.05) is 0 Å². The van der Waals surface area contributed by atoms with Crippen LogP contribution in [0.5, 0.6) is 0 Å². The molecule has 2 N–H and O–H groups in total. The molecule has 0 aliphatic carbocycles. The Kier molecular flexibility index (Phi) is 4.25. The van der Waals surface area contributed by atoms with E-state index in [0.29, 0.717) is 0 Å². The fourth-order valence-electron chi connectivity index (χ4n) is 1.17. The van der Waals surface area contributed by atoms with E-state index in [1.54, 1.807) is 19.1 Å². The van der Waals surface area contributed by atoms with E-state index in [1.165, 1.54) is 12.1 Å². The molecule has 0 saturated carbocycles. The minimum atomic E-state index is -4.03. The van der Waals surface area contributed by atoms with Gasteiger partial charge in [-0.25, -0.2) is 0 Å². The van der Waals surface area contributed by atoms with Crippen LogP contribution in [0.25, 0.3) is 0 Å². The van der Waals surface area contributed by atoms with Crippen LogP contribution in [-0.2, 0) is 19.1 Å². The van der Waals surface area contributed by atoms with Crippen LogP contribution in [0.4, 0.5) is 0 Å². The van der Waals surface area contributed by atoms with Gasteiger partial charge in [0, 0.05) is 6.04 Å². The Labute approximate surface area is 101 Å². The molecule has 0 amide bonds. The fourth-order valence-corrected chi connectivity index (χ4v) is 2.05. The number of hydrogen-bond donors (Lipinski definition) is 1. The summed E-state index contributed by atoms with van der Waals surface area (Å²) in [6.07, 6.45) is -0.134. The second-order valence-corrected chi connectivity index (χ2v) is 5.45. The Balaban J connectivity index is 2.82. The molecule has 17 heavy (non-hydrogen) atoms. The third kappa shape index (κ3) is 4.16. The highest BCUT2D eigenvalue weighted by atomic mass is 32.2. The van der Waals surface area contributed by atoms with Gasteiger partial charge in [0.2, 0.25) is 0 Å². The van der Waals surface area contributed by atoms with Crippen molar-refractivity contribution in [2.45, 2.75) is 31.2 Å². The van der Waals surface area contributed by atoms with Crippen LogP contribution in [0.15, 0.2) is 29.2 Å². The molecule has 0 unspecified atom stereocenters. The highest BCUT2D eigenvalue weighted by molar-refractivity contribution is 7.87. The van der Waals surface area contributed by atoms with Gasteiger partial charge in [0.05, 0.1) is 6.42 Å². The van der Waals surface area contributed by atoms with Crippen LogP contribution in [0.1, 0.15) is 18.9 Å². The molecule has 0 fully saturated rings. The molecule has 0 heterocycles. The molecule has 0 aliphatic rings. The predicted molar refractivity (Wildman–Crippen MR) is 62.7 cm³/mol. The lowest BCUT2D eigenvalue weighted by atomic mass is 10.2. The SMILES string of the molecule is Cc1ccc(S(=O)(=O)OC(=O)C[C@H](C)N)cc1. The van der Waals surface area contributed by atoms with Crippen molar-refractivity contribution < 1.29 is 17.4 Å². The number of rotatable bonds is 4. The largest absolute Gasteiger partial charge is 0.342 e. The monoisotopic (exact) mass is 257 g/mol. The topological polar surface area (TPSA) is 86.5 Å². The maximum absolute atomic E-state index is 11.7. The van der Waals surface area contributed by atoms with E-state index in [1.807, 2.05) is 6.92 Å². The number of benzene rings is 1. The van der Waals surface area contributed by atoms with Crippen molar-refractivity contribution in [1.82, 2.24) is 0 Å². The quantitative estimate of drug-likeness (QED) is 0.812. The lowest BCUT2D eigenvalue weighted by Gasteiger charge is -2.07. The molecule has 1 rings (SSSR count). The first-order chi connectivity index (χ1) is 7.81. The second-order valence-electron chi connectivity index (χ2n) is 3.90. The molecule has 0 spiro atoms. The van der Waals surface area contributed by atoms with Crippen molar-refractivity contribution in [3.8, 4) is 0 Å². The summed E-state index contributed by atoms with van der Waals surface area (Å²) in [4.78, 5) is 11.2. The zero-order valence-corrected chi connectivity index (χ0v) is 10.5. The molecule has 94 valence electrons. The number of nitrogens with two attached hydrogens (primary N) is 1. The van der Waals surface area contributed by atoms with Crippen LogP contribution in [0, 0.1) is 6.92 Å². The highest BCUT2D eigenvalue weighted by Crippen LogP contribution is 2.14. The van der Waals surface area contributed by atoms with E-state index in [9.17, 15) is 13.2 Å². The fraction of sp³-hybridized carbons (Fsp3) is 0.364. The summed E-state index contributed by atoms with van der Waals surface area (Å²) >= 11 is 0. The van der Waals surface area contributed by atoms with Gasteiger partial charge in [-0.15, -0.1) is 0 Å². The van der Waals surface area contributed by atoms with Crippen molar-refractivity contribution >= 4 is 16.1 Å². The first kappa shape index (κ1) is 13.7. The van der Waals surface area contributed by atoms with Crippen LogP contribution < -0.4 is 5.73 Å². The van der Waals surface area contributed by atoms with E-state index in [4.69, 9.17) is 5.73 Å². The first-order valence-corrected chi connectivity index (χ1v) is 6.51. The summed E-state index contributed by atoms with van der Waals surface area (Å²) in [5, 5.41) is 0. The Morgan fingerprint density at radius 1 is 1.35 bits per heavy atom. The molecule has 0 aromatic heterocycles. The van der Waals surface area contributed by atoms with Gasteiger partial charge in [-0.2, -0.15) is 8.42 Å². The standard InChI is InChI=1S/C11H15NO4S/c1-8-3-5-10(6-4-8)17(14,15)16-11(13)7-9(2)12/h3-6,9H,7,12H2,1-2H3/t9-/m0/s1. The zero-order valence-electron chi connectivity index (χ0n) is 9.71. The summed E-state index contributed by atoms with van der Waals surface area (Å²) in [6.45, 7) is 3.43. The molecule has 0 aliphatic heterocycles. The Hall–Kier alpha value is -1.40. The summed E-state index contributed by atoms with van der Waals surface area (Å²) < 4.78 is 27.7. The lowest BCUT2D eigenvalue weighted by Crippen LogP contribution is -2.23. The second kappa shape index (κ2) is 5.29. The van der Waals surface area contributed by atoms with Crippen LogP contribution in [-0.4, -0.2) is 20.4 Å². The minimum absolute atomic E-state index is 0.0406. The summed E-state index contributed by atoms with van der Waals surface area (Å²) in [5.41, 5.74) is 6.30. The zero-order chi connectivity index (χ0) is 13.1. The molecular formula is C11H15NO4S. The molecule has 1 atom stereocenters. The molecule has 6 heteroatoms. The van der Waals surface area contributed by atoms with Gasteiger partial charge in [0.1, 0.15) is 4.90 Å². The maximum Gasteiger partial charge on any atom is 0.341 e. The summed E-state index contributed by atoms with van der Waals surface area (Å²) in [7, 11) is -4.03. The van der Waals surface area contributed by atoms with Crippen LogP contribution in [0.3, 0.4) is 0 Å². The van der Waals surface area contributed by atoms with Crippen LogP contribution in [0.2, 0.25) is 0 Å². The van der Waals surface area contributed by atoms with Crippen molar-refractivity contribution in [3.05, 3.63) is 29.8 Å². The van der Waals surface area contributed by atoms with E-state index < -0.39 is 22.1 Å². The van der Waals surface area contributed by atoms with Crippen molar-refractivity contribution in [1.29, 1.82) is 0 Å². The van der Waals surface area contributed by atoms with Gasteiger partial charge >= 0.3 is 16.1 Å². The van der Waals surface area contributed by atoms with Gasteiger partial charge in [0.25, 0.3) is 0 Å². The molecule has 5 nitrogen and oxygen atoms in total. The first-order valence-electron chi connectivity index (χ1n) is 5.11.